The minimum atomic E-state index is 0.266. The standard InChI is InChI=1S/C5H5NS.C3H8N2OS.CH2O/c1-2-5-6-3-4-7-5;1-6-2-5-3(4)7;1-2/h2-4H,1H2;2H2,1H3,(H3,4,5,7);1H2. The number of nitrogens with one attached hydrogen (secondary N) is 1. The van der Waals surface area contributed by atoms with Crippen LogP contribution in [0.5, 0.6) is 0 Å². The molecule has 0 amide bonds. The summed E-state index contributed by atoms with van der Waals surface area (Å²) in [5, 5.41) is 5.76. The monoisotopic (exact) mass is 261 g/mol. The number of hydrogen-bond donors (Lipinski definition) is 2. The van der Waals surface area contributed by atoms with Gasteiger partial charge in [-0.1, -0.05) is 6.58 Å². The molecule has 1 heterocycles. The summed E-state index contributed by atoms with van der Waals surface area (Å²) in [5.41, 5.74) is 5.02. The molecule has 0 spiro atoms. The van der Waals surface area contributed by atoms with Crippen molar-refractivity contribution < 1.29 is 9.53 Å². The van der Waals surface area contributed by atoms with Crippen molar-refractivity contribution in [3.8, 4) is 0 Å². The van der Waals surface area contributed by atoms with Crippen LogP contribution in [0.2, 0.25) is 0 Å². The first-order chi connectivity index (χ1) is 7.70. The Labute approximate surface area is 104 Å². The number of thiazole rings is 1. The molecule has 7 heteroatoms. The number of thiocarbonyl (C=S) groups is 1. The van der Waals surface area contributed by atoms with E-state index in [4.69, 9.17) is 10.5 Å². The van der Waals surface area contributed by atoms with Crippen molar-refractivity contribution >= 4 is 41.5 Å². The predicted molar refractivity (Wildman–Crippen MR) is 71.1 cm³/mol. The Balaban J connectivity index is 0. The highest BCUT2D eigenvalue weighted by Gasteiger charge is 1.80. The highest BCUT2D eigenvalue weighted by atomic mass is 32.1. The molecule has 1 aromatic rings. The van der Waals surface area contributed by atoms with Crippen LogP contribution in [0.1, 0.15) is 5.01 Å². The van der Waals surface area contributed by atoms with E-state index >= 15 is 0 Å². The smallest absolute Gasteiger partial charge is 0.165 e. The molecule has 0 fully saturated rings. The van der Waals surface area contributed by atoms with Gasteiger partial charge in [0, 0.05) is 18.7 Å². The van der Waals surface area contributed by atoms with Gasteiger partial charge in [0.05, 0.1) is 0 Å². The molecule has 0 saturated carbocycles. The van der Waals surface area contributed by atoms with Gasteiger partial charge in [-0.15, -0.1) is 11.3 Å². The Kier molecular flexibility index (Phi) is 14.6. The topological polar surface area (TPSA) is 77.2 Å². The molecule has 90 valence electrons. The summed E-state index contributed by atoms with van der Waals surface area (Å²) < 4.78 is 4.57. The number of aromatic nitrogens is 1. The Bertz CT molecular complexity index is 278. The molecule has 1 rings (SSSR count). The molecule has 0 unspecified atom stereocenters. The number of ether oxygens (including phenoxy) is 1. The van der Waals surface area contributed by atoms with E-state index in [9.17, 15) is 0 Å². The molecular weight excluding hydrogens is 246 g/mol. The summed E-state index contributed by atoms with van der Waals surface area (Å²) in [5.74, 6) is 0. The number of hydrogen-bond acceptors (Lipinski definition) is 5. The summed E-state index contributed by atoms with van der Waals surface area (Å²) >= 11 is 6.04. The second-order valence-corrected chi connectivity index (χ2v) is 3.41. The van der Waals surface area contributed by atoms with Crippen LogP contribution in [0.15, 0.2) is 18.2 Å². The third kappa shape index (κ3) is 12.7. The van der Waals surface area contributed by atoms with E-state index in [-0.39, 0.29) is 5.11 Å². The SMILES string of the molecule is C=Cc1nccs1.C=O.COCNC(N)=S. The van der Waals surface area contributed by atoms with E-state index < -0.39 is 0 Å². The van der Waals surface area contributed by atoms with Crippen LogP contribution in [0.3, 0.4) is 0 Å². The fraction of sp³-hybridized carbons (Fsp3) is 0.222. The van der Waals surface area contributed by atoms with Crippen molar-refractivity contribution in [2.75, 3.05) is 13.8 Å². The third-order valence-electron chi connectivity index (χ3n) is 1.02. The summed E-state index contributed by atoms with van der Waals surface area (Å²) in [6, 6.07) is 0. The van der Waals surface area contributed by atoms with Gasteiger partial charge in [-0.3, -0.25) is 0 Å². The van der Waals surface area contributed by atoms with Crippen LogP contribution in [0, 0.1) is 0 Å². The number of carbonyl (C=O) groups excluding carboxylic acids is 1. The molecule has 1 aromatic heterocycles. The first-order valence-corrected chi connectivity index (χ1v) is 5.32. The highest BCUT2D eigenvalue weighted by molar-refractivity contribution is 7.80. The molecule has 16 heavy (non-hydrogen) atoms. The molecule has 0 radical (unpaired) electrons. The molecule has 3 N–H and O–H groups in total. The lowest BCUT2D eigenvalue weighted by atomic mass is 10.7. The van der Waals surface area contributed by atoms with Gasteiger partial charge in [-0.25, -0.2) is 4.98 Å². The number of rotatable bonds is 3. The van der Waals surface area contributed by atoms with Crippen LogP contribution in [0.4, 0.5) is 0 Å². The molecule has 0 bridgehead atoms. The molecule has 0 aliphatic rings. The highest BCUT2D eigenvalue weighted by Crippen LogP contribution is 2.03. The molecule has 0 aromatic carbocycles. The van der Waals surface area contributed by atoms with Crippen LogP contribution in [-0.4, -0.2) is 30.7 Å². The summed E-state index contributed by atoms with van der Waals surface area (Å²) in [7, 11) is 1.56. The minimum absolute atomic E-state index is 0.266. The van der Waals surface area contributed by atoms with Gasteiger partial charge in [0.1, 0.15) is 18.5 Å². The van der Waals surface area contributed by atoms with Gasteiger partial charge in [-0.05, 0) is 18.3 Å². The zero-order valence-corrected chi connectivity index (χ0v) is 10.6. The lowest BCUT2D eigenvalue weighted by Crippen LogP contribution is -2.30. The van der Waals surface area contributed by atoms with Crippen LogP contribution >= 0.6 is 23.6 Å². The fourth-order valence-electron chi connectivity index (χ4n) is 0.479. The lowest BCUT2D eigenvalue weighted by molar-refractivity contribution is -0.0979. The number of nitrogens with zero attached hydrogens (tertiary/aromatic N) is 1. The van der Waals surface area contributed by atoms with Gasteiger partial charge in [0.25, 0.3) is 0 Å². The predicted octanol–water partition coefficient (Wildman–Crippen LogP) is 1.02. The van der Waals surface area contributed by atoms with Crippen molar-refractivity contribution in [2.45, 2.75) is 0 Å². The Morgan fingerprint density at radius 3 is 2.62 bits per heavy atom. The average molecular weight is 261 g/mol. The number of carbonyl (C=O) groups is 1. The van der Waals surface area contributed by atoms with Gasteiger partial charge >= 0.3 is 0 Å². The van der Waals surface area contributed by atoms with Gasteiger partial charge in [-0.2, -0.15) is 0 Å². The average Bonchev–Trinajstić information content (AvgIpc) is 2.82. The van der Waals surface area contributed by atoms with Crippen LogP contribution in [0.25, 0.3) is 6.08 Å². The van der Waals surface area contributed by atoms with Crippen molar-refractivity contribution in [1.29, 1.82) is 0 Å². The third-order valence-corrected chi connectivity index (χ3v) is 1.93. The van der Waals surface area contributed by atoms with E-state index in [1.54, 1.807) is 30.7 Å². The van der Waals surface area contributed by atoms with Crippen molar-refractivity contribution in [3.05, 3.63) is 23.2 Å². The first-order valence-electron chi connectivity index (χ1n) is 4.03. The summed E-state index contributed by atoms with van der Waals surface area (Å²) in [6.07, 6.45) is 3.51. The molecule has 0 aliphatic heterocycles. The van der Waals surface area contributed by atoms with E-state index in [0.717, 1.165) is 5.01 Å². The maximum atomic E-state index is 8.00. The molecule has 5 nitrogen and oxygen atoms in total. The quantitative estimate of drug-likeness (QED) is 0.625. The summed E-state index contributed by atoms with van der Waals surface area (Å²) in [4.78, 5) is 11.9. The number of methoxy groups -OCH3 is 1. The Hall–Kier alpha value is -1.31. The molecular formula is C9H15N3O2S2. The molecule has 0 atom stereocenters. The van der Waals surface area contributed by atoms with Crippen LogP contribution < -0.4 is 11.1 Å². The lowest BCUT2D eigenvalue weighted by Gasteiger charge is -1.97. The Morgan fingerprint density at radius 2 is 2.44 bits per heavy atom. The van der Waals surface area contributed by atoms with Crippen molar-refractivity contribution in [2.24, 2.45) is 5.73 Å². The molecule has 0 aliphatic carbocycles. The van der Waals surface area contributed by atoms with Crippen molar-refractivity contribution in [3.63, 3.8) is 0 Å². The second-order valence-electron chi connectivity index (χ2n) is 2.05. The van der Waals surface area contributed by atoms with E-state index in [2.05, 4.69) is 33.8 Å². The van der Waals surface area contributed by atoms with E-state index in [0.29, 0.717) is 6.73 Å². The fourth-order valence-corrected chi connectivity index (χ4v) is 1.02. The van der Waals surface area contributed by atoms with Gasteiger partial charge in [0.15, 0.2) is 5.11 Å². The normalized spacial score (nSPS) is 7.56. The van der Waals surface area contributed by atoms with E-state index in [1.807, 2.05) is 12.2 Å². The van der Waals surface area contributed by atoms with Crippen molar-refractivity contribution in [1.82, 2.24) is 10.3 Å². The minimum Gasteiger partial charge on any atom is -0.376 e. The summed E-state index contributed by atoms with van der Waals surface area (Å²) in [6.45, 7) is 5.94. The first kappa shape index (κ1) is 17.1. The van der Waals surface area contributed by atoms with Crippen LogP contribution in [-0.2, 0) is 9.53 Å². The maximum Gasteiger partial charge on any atom is 0.165 e. The Morgan fingerprint density at radius 1 is 1.81 bits per heavy atom. The maximum absolute atomic E-state index is 8.00. The zero-order chi connectivity index (χ0) is 12.8. The molecule has 0 saturated heterocycles. The second kappa shape index (κ2) is 13.7. The van der Waals surface area contributed by atoms with Gasteiger partial charge in [0.2, 0.25) is 0 Å². The van der Waals surface area contributed by atoms with Gasteiger partial charge < -0.3 is 20.6 Å². The van der Waals surface area contributed by atoms with E-state index in [1.165, 1.54) is 0 Å². The largest absolute Gasteiger partial charge is 0.376 e. The zero-order valence-electron chi connectivity index (χ0n) is 9.01. The number of nitrogens with two attached hydrogens (primary N) is 1.